The Bertz CT molecular complexity index is 436. The molecule has 20 heavy (non-hydrogen) atoms. The predicted molar refractivity (Wildman–Crippen MR) is 58.4 cm³/mol. The van der Waals surface area contributed by atoms with Gasteiger partial charge in [0.1, 0.15) is 5.82 Å². The predicted octanol–water partition coefficient (Wildman–Crippen LogP) is 4.28. The molecule has 0 saturated heterocycles. The summed E-state index contributed by atoms with van der Waals surface area (Å²) in [4.78, 5) is 0. The molecule has 0 aromatic heterocycles. The van der Waals surface area contributed by atoms with E-state index in [1.54, 1.807) is 0 Å². The van der Waals surface area contributed by atoms with Gasteiger partial charge in [0.15, 0.2) is 0 Å². The fraction of sp³-hybridized carbons (Fsp3) is 0.500. The summed E-state index contributed by atoms with van der Waals surface area (Å²) in [6.07, 6.45) is -10.2. The molecule has 0 spiro atoms. The van der Waals surface area contributed by atoms with Gasteiger partial charge in [-0.15, -0.1) is 0 Å². The average molecular weight is 303 g/mol. The van der Waals surface area contributed by atoms with Crippen LogP contribution in [0.1, 0.15) is 24.0 Å². The largest absolute Gasteiger partial charge is 0.416 e. The summed E-state index contributed by atoms with van der Waals surface area (Å²) in [6, 6.07) is 2.21. The molecule has 1 aromatic rings. The monoisotopic (exact) mass is 303 g/mol. The maximum Gasteiger partial charge on any atom is 0.416 e. The summed E-state index contributed by atoms with van der Waals surface area (Å²) < 4.78 is 86.2. The summed E-state index contributed by atoms with van der Waals surface area (Å²) >= 11 is 0. The lowest BCUT2D eigenvalue weighted by Gasteiger charge is -2.13. The lowest BCUT2D eigenvalue weighted by atomic mass is 10.1. The summed E-state index contributed by atoms with van der Waals surface area (Å²) in [7, 11) is 0. The number of nitrogens with one attached hydrogen (secondary N) is 1. The van der Waals surface area contributed by atoms with Crippen molar-refractivity contribution < 1.29 is 30.7 Å². The highest BCUT2D eigenvalue weighted by Crippen LogP contribution is 2.32. The lowest BCUT2D eigenvalue weighted by Crippen LogP contribution is -2.20. The van der Waals surface area contributed by atoms with Crippen molar-refractivity contribution in [2.45, 2.75) is 31.7 Å². The molecule has 1 aromatic carbocycles. The SMILES string of the molecule is Fc1ccc(CNCCCC(F)(F)F)c(C(F)(F)F)c1. The van der Waals surface area contributed by atoms with Crippen LogP contribution in [0.25, 0.3) is 0 Å². The van der Waals surface area contributed by atoms with Gasteiger partial charge in [0, 0.05) is 13.0 Å². The second-order valence-corrected chi connectivity index (χ2v) is 4.19. The van der Waals surface area contributed by atoms with Crippen LogP contribution < -0.4 is 5.32 Å². The number of halogens is 7. The third-order valence-electron chi connectivity index (χ3n) is 2.51. The van der Waals surface area contributed by atoms with Gasteiger partial charge in [0.25, 0.3) is 0 Å². The minimum absolute atomic E-state index is 0.0752. The first-order valence-corrected chi connectivity index (χ1v) is 5.73. The first-order valence-electron chi connectivity index (χ1n) is 5.73. The fourth-order valence-electron chi connectivity index (χ4n) is 1.60. The van der Waals surface area contributed by atoms with Gasteiger partial charge >= 0.3 is 12.4 Å². The van der Waals surface area contributed by atoms with E-state index in [1.165, 1.54) is 0 Å². The van der Waals surface area contributed by atoms with E-state index in [9.17, 15) is 30.7 Å². The molecule has 0 aliphatic heterocycles. The van der Waals surface area contributed by atoms with Crippen molar-refractivity contribution in [2.24, 2.45) is 0 Å². The van der Waals surface area contributed by atoms with Crippen LogP contribution in [-0.4, -0.2) is 12.7 Å². The van der Waals surface area contributed by atoms with Crippen molar-refractivity contribution in [3.8, 4) is 0 Å². The Morgan fingerprint density at radius 1 is 1.00 bits per heavy atom. The normalized spacial score (nSPS) is 12.8. The Kier molecular flexibility index (Phi) is 5.38. The highest BCUT2D eigenvalue weighted by Gasteiger charge is 2.33. The van der Waals surface area contributed by atoms with E-state index >= 15 is 0 Å². The summed E-state index contributed by atoms with van der Waals surface area (Å²) in [5.41, 5.74) is -1.33. The van der Waals surface area contributed by atoms with Crippen LogP contribution in [0.5, 0.6) is 0 Å². The maximum atomic E-state index is 12.8. The molecular formula is C12H12F7N. The summed E-state index contributed by atoms with van der Waals surface area (Å²) in [5, 5.41) is 2.48. The quantitative estimate of drug-likeness (QED) is 0.632. The van der Waals surface area contributed by atoms with Crippen LogP contribution in [0.15, 0.2) is 18.2 Å². The Balaban J connectivity index is 2.56. The average Bonchev–Trinajstić information content (AvgIpc) is 2.27. The van der Waals surface area contributed by atoms with Crippen molar-refractivity contribution in [3.63, 3.8) is 0 Å². The zero-order chi connectivity index (χ0) is 15.4. The minimum atomic E-state index is -4.70. The molecular weight excluding hydrogens is 291 g/mol. The Morgan fingerprint density at radius 2 is 1.65 bits per heavy atom. The van der Waals surface area contributed by atoms with Gasteiger partial charge in [-0.1, -0.05) is 6.07 Å². The van der Waals surface area contributed by atoms with Crippen molar-refractivity contribution in [2.75, 3.05) is 6.54 Å². The van der Waals surface area contributed by atoms with E-state index in [2.05, 4.69) is 5.32 Å². The highest BCUT2D eigenvalue weighted by atomic mass is 19.4. The summed E-state index contributed by atoms with van der Waals surface area (Å²) in [6.45, 7) is -0.346. The lowest BCUT2D eigenvalue weighted by molar-refractivity contribution is -0.138. The van der Waals surface area contributed by atoms with Crippen molar-refractivity contribution >= 4 is 0 Å². The van der Waals surface area contributed by atoms with Crippen molar-refractivity contribution in [1.29, 1.82) is 0 Å². The van der Waals surface area contributed by atoms with E-state index in [0.717, 1.165) is 12.1 Å². The van der Waals surface area contributed by atoms with Crippen LogP contribution in [0, 0.1) is 5.82 Å². The van der Waals surface area contributed by atoms with Gasteiger partial charge < -0.3 is 5.32 Å². The van der Waals surface area contributed by atoms with Crippen LogP contribution in [0.2, 0.25) is 0 Å². The van der Waals surface area contributed by atoms with Crippen LogP contribution in [0.3, 0.4) is 0 Å². The number of benzene rings is 1. The number of hydrogen-bond acceptors (Lipinski definition) is 1. The van der Waals surface area contributed by atoms with Gasteiger partial charge in [-0.3, -0.25) is 0 Å². The number of hydrogen-bond donors (Lipinski definition) is 1. The smallest absolute Gasteiger partial charge is 0.313 e. The highest BCUT2D eigenvalue weighted by molar-refractivity contribution is 5.30. The molecule has 0 fully saturated rings. The van der Waals surface area contributed by atoms with Crippen LogP contribution in [0.4, 0.5) is 30.7 Å². The third kappa shape index (κ3) is 5.77. The maximum absolute atomic E-state index is 12.8. The molecule has 0 bridgehead atoms. The first kappa shape index (κ1) is 16.7. The van der Waals surface area contributed by atoms with Gasteiger partial charge in [-0.05, 0) is 30.7 Å². The molecule has 1 nitrogen and oxygen atoms in total. The molecule has 1 rings (SSSR count). The second-order valence-electron chi connectivity index (χ2n) is 4.19. The Morgan fingerprint density at radius 3 is 2.20 bits per heavy atom. The van der Waals surface area contributed by atoms with Gasteiger partial charge in [-0.2, -0.15) is 26.3 Å². The van der Waals surface area contributed by atoms with Crippen molar-refractivity contribution in [1.82, 2.24) is 5.32 Å². The second kappa shape index (κ2) is 6.43. The van der Waals surface area contributed by atoms with Gasteiger partial charge in [-0.25, -0.2) is 4.39 Å². The molecule has 8 heteroatoms. The molecule has 0 atom stereocenters. The third-order valence-corrected chi connectivity index (χ3v) is 2.51. The molecule has 0 heterocycles. The first-order chi connectivity index (χ1) is 9.09. The van der Waals surface area contributed by atoms with Crippen molar-refractivity contribution in [3.05, 3.63) is 35.1 Å². The minimum Gasteiger partial charge on any atom is -0.313 e. The molecule has 1 N–H and O–H groups in total. The number of rotatable bonds is 5. The van der Waals surface area contributed by atoms with Crippen LogP contribution >= 0.6 is 0 Å². The Labute approximate surface area is 110 Å². The zero-order valence-corrected chi connectivity index (χ0v) is 10.2. The van der Waals surface area contributed by atoms with Gasteiger partial charge in [0.05, 0.1) is 5.56 Å². The van der Waals surface area contributed by atoms with E-state index in [4.69, 9.17) is 0 Å². The molecule has 0 saturated carbocycles. The molecule has 114 valence electrons. The molecule has 0 amide bonds. The molecule has 0 aliphatic rings. The fourth-order valence-corrected chi connectivity index (χ4v) is 1.60. The van der Waals surface area contributed by atoms with E-state index < -0.39 is 30.2 Å². The molecule has 0 unspecified atom stereocenters. The number of alkyl halides is 6. The van der Waals surface area contributed by atoms with Gasteiger partial charge in [0.2, 0.25) is 0 Å². The summed E-state index contributed by atoms with van der Waals surface area (Å²) in [5.74, 6) is -1.02. The topological polar surface area (TPSA) is 12.0 Å². The van der Waals surface area contributed by atoms with E-state index in [-0.39, 0.29) is 25.1 Å². The Hall–Kier alpha value is -1.31. The van der Waals surface area contributed by atoms with E-state index in [1.807, 2.05) is 0 Å². The van der Waals surface area contributed by atoms with Crippen LogP contribution in [-0.2, 0) is 12.7 Å². The molecule has 0 aliphatic carbocycles. The van der Waals surface area contributed by atoms with E-state index in [0.29, 0.717) is 6.07 Å². The standard InChI is InChI=1S/C12H12F7N/c13-9-3-2-8(10(6-9)12(17,18)19)7-20-5-1-4-11(14,15)16/h2-3,6,20H,1,4-5,7H2. The molecule has 0 radical (unpaired) electrons. The zero-order valence-electron chi connectivity index (χ0n) is 10.2.